The second-order valence-electron chi connectivity index (χ2n) is 9.40. The molecule has 0 nitrogen and oxygen atoms in total. The normalized spacial score (nSPS) is 12.6. The zero-order valence-electron chi connectivity index (χ0n) is 21.3. The van der Waals surface area contributed by atoms with E-state index in [2.05, 4.69) is 150 Å². The van der Waals surface area contributed by atoms with Crippen LogP contribution in [0, 0.1) is 20.8 Å². The van der Waals surface area contributed by atoms with Gasteiger partial charge in [-0.3, -0.25) is 0 Å². The molecule has 0 radical (unpaired) electrons. The third kappa shape index (κ3) is 5.93. The Morgan fingerprint density at radius 2 is 1.00 bits per heavy atom. The van der Waals surface area contributed by atoms with Gasteiger partial charge >= 0.3 is 217 Å². The number of halogens is 3. The van der Waals surface area contributed by atoms with Crippen molar-refractivity contribution in [2.24, 2.45) is 0 Å². The van der Waals surface area contributed by atoms with E-state index in [4.69, 9.17) is 0 Å². The molecule has 5 heteroatoms. The van der Waals surface area contributed by atoms with E-state index < -0.39 is 8.07 Å². The Morgan fingerprint density at radius 1 is 0.568 bits per heavy atom. The molecule has 0 atom stereocenters. The molecule has 0 fully saturated rings. The molecular weight excluding hydrogens is 567 g/mol. The van der Waals surface area contributed by atoms with Crippen LogP contribution in [0.3, 0.4) is 0 Å². The van der Waals surface area contributed by atoms with E-state index in [-0.39, 0.29) is 37.2 Å². The molecule has 1 aliphatic rings. The van der Waals surface area contributed by atoms with E-state index in [0.717, 1.165) is 6.42 Å². The molecule has 0 unspecified atom stereocenters. The molecule has 0 aliphatic heterocycles. The molecule has 4 aromatic rings. The van der Waals surface area contributed by atoms with E-state index >= 15 is 0 Å². The molecule has 0 N–H and O–H groups in total. The van der Waals surface area contributed by atoms with Crippen LogP contribution in [0.25, 0.3) is 5.57 Å². The van der Waals surface area contributed by atoms with Crippen LogP contribution in [0.5, 0.6) is 0 Å². The van der Waals surface area contributed by atoms with Gasteiger partial charge in [-0.1, -0.05) is 0 Å². The summed E-state index contributed by atoms with van der Waals surface area (Å²) in [6, 6.07) is 38.8. The van der Waals surface area contributed by atoms with Crippen LogP contribution in [-0.2, 0) is 20.4 Å². The van der Waals surface area contributed by atoms with Gasteiger partial charge in [-0.05, 0) is 0 Å². The Balaban J connectivity index is 0.00000160. The molecule has 0 heterocycles. The first-order chi connectivity index (χ1) is 16.5. The molecular formula is C32H32Cl3SiTi. The summed E-state index contributed by atoms with van der Waals surface area (Å²) in [6.45, 7) is 6.66. The van der Waals surface area contributed by atoms with E-state index in [9.17, 15) is 0 Å². The molecule has 0 saturated heterocycles. The van der Waals surface area contributed by atoms with E-state index in [1.807, 2.05) is 0 Å². The van der Waals surface area contributed by atoms with Gasteiger partial charge in [-0.2, -0.15) is 0 Å². The van der Waals surface area contributed by atoms with Gasteiger partial charge < -0.3 is 0 Å². The molecule has 189 valence electrons. The second kappa shape index (κ2) is 13.3. The zero-order valence-corrected chi connectivity index (χ0v) is 26.3. The van der Waals surface area contributed by atoms with Crippen LogP contribution < -0.4 is 15.6 Å². The predicted molar refractivity (Wildman–Crippen MR) is 166 cm³/mol. The minimum absolute atomic E-state index is 0. The van der Waals surface area contributed by atoms with Gasteiger partial charge in [0.25, 0.3) is 0 Å². The monoisotopic (exact) mass is 597 g/mol. The maximum atomic E-state index is 2.54. The summed E-state index contributed by atoms with van der Waals surface area (Å²) < 4.78 is 1.46. The van der Waals surface area contributed by atoms with Gasteiger partial charge in [-0.15, -0.1) is 37.2 Å². The van der Waals surface area contributed by atoms with E-state index in [0.29, 0.717) is 0 Å². The molecule has 37 heavy (non-hydrogen) atoms. The van der Waals surface area contributed by atoms with Crippen LogP contribution in [0.4, 0.5) is 0 Å². The molecule has 5 rings (SSSR count). The van der Waals surface area contributed by atoms with Crippen molar-refractivity contribution in [2.45, 2.75) is 27.2 Å². The van der Waals surface area contributed by atoms with Gasteiger partial charge in [0.1, 0.15) is 0 Å². The second-order valence-corrected chi connectivity index (χ2v) is 14.1. The van der Waals surface area contributed by atoms with E-state index in [1.54, 1.807) is 0 Å². The minimum atomic E-state index is -2.57. The summed E-state index contributed by atoms with van der Waals surface area (Å²) in [5, 5.41) is 5.90. The summed E-state index contributed by atoms with van der Waals surface area (Å²) in [4.78, 5) is 0. The van der Waals surface area contributed by atoms with Crippen LogP contribution in [-0.4, -0.2) is 8.07 Å². The maximum absolute atomic E-state index is 2.57. The summed E-state index contributed by atoms with van der Waals surface area (Å²) in [6.07, 6.45) is 3.55. The first-order valence-corrected chi connectivity index (χ1v) is 14.7. The fourth-order valence-corrected chi connectivity index (χ4v) is 11.6. The summed E-state index contributed by atoms with van der Waals surface area (Å²) in [5.41, 5.74) is 6.71. The first kappa shape index (κ1) is 31.4. The van der Waals surface area contributed by atoms with Crippen molar-refractivity contribution in [3.63, 3.8) is 0 Å². The largest absolute Gasteiger partial charge is 0.147 e. The van der Waals surface area contributed by atoms with Crippen LogP contribution in [0.1, 0.15) is 28.7 Å². The average molecular weight is 599 g/mol. The molecule has 0 bridgehead atoms. The van der Waals surface area contributed by atoms with Crippen molar-refractivity contribution in [1.82, 2.24) is 0 Å². The van der Waals surface area contributed by atoms with Crippen LogP contribution >= 0.6 is 37.2 Å². The molecule has 4 aromatic carbocycles. The Labute approximate surface area is 253 Å². The average Bonchev–Trinajstić information content (AvgIpc) is 3.22. The topological polar surface area (TPSA) is 0 Å². The van der Waals surface area contributed by atoms with E-state index in [1.165, 1.54) is 52.5 Å². The van der Waals surface area contributed by atoms with Crippen LogP contribution in [0.2, 0.25) is 0 Å². The van der Waals surface area contributed by atoms with Crippen molar-refractivity contribution < 1.29 is 20.4 Å². The van der Waals surface area contributed by atoms with Crippen molar-refractivity contribution in [1.29, 1.82) is 0 Å². The fourth-order valence-electron chi connectivity index (χ4n) is 5.45. The van der Waals surface area contributed by atoms with Gasteiger partial charge in [0.05, 0.1) is 0 Å². The standard InChI is InChI=1S/C32H29Si.3ClH.Ti/c1-24-11-7-16-28(21-24)33(29-17-8-12-25(2)22-29,30-18-9-13-26(3)23-30)32-20-10-19-31(32)27-14-5-4-6-15-27;;;;/h4-9,11-18,20-23H,10H2,1-3H3;3*1H;. The SMILES string of the molecule is Cc1cccc([Si](C2=CC[C]([Ti])=C2c2ccccc2)(c2cccc(C)c2)c2cccc(C)c2)c1.Cl.Cl.Cl. The number of aryl methyl sites for hydroxylation is 3. The summed E-state index contributed by atoms with van der Waals surface area (Å²) in [5.74, 6) is 0. The number of allylic oxidation sites excluding steroid dienone is 4. The van der Waals surface area contributed by atoms with Crippen molar-refractivity contribution in [2.75, 3.05) is 0 Å². The van der Waals surface area contributed by atoms with Gasteiger partial charge in [-0.25, -0.2) is 0 Å². The third-order valence-electron chi connectivity index (χ3n) is 6.90. The van der Waals surface area contributed by atoms with Gasteiger partial charge in [0.2, 0.25) is 0 Å². The Morgan fingerprint density at radius 3 is 1.41 bits per heavy atom. The maximum Gasteiger partial charge on any atom is -0.147 e. The third-order valence-corrected chi connectivity index (χ3v) is 12.4. The van der Waals surface area contributed by atoms with Crippen molar-refractivity contribution in [3.8, 4) is 0 Å². The number of rotatable bonds is 5. The fraction of sp³-hybridized carbons (Fsp3) is 0.125. The quantitative estimate of drug-likeness (QED) is 0.169. The number of benzene rings is 4. The molecule has 0 amide bonds. The zero-order chi connectivity index (χ0) is 23.7. The number of hydrogen-bond donors (Lipinski definition) is 0. The van der Waals surface area contributed by atoms with Crippen LogP contribution in [0.15, 0.2) is 118 Å². The molecule has 0 spiro atoms. The first-order valence-electron chi connectivity index (χ1n) is 11.9. The summed E-state index contributed by atoms with van der Waals surface area (Å²) in [7, 11) is -2.57. The van der Waals surface area contributed by atoms with Crippen molar-refractivity contribution >= 4 is 66.4 Å². The molecule has 0 aromatic heterocycles. The van der Waals surface area contributed by atoms with Gasteiger partial charge in [0.15, 0.2) is 0 Å². The predicted octanol–water partition coefficient (Wildman–Crippen LogP) is 7.17. The summed E-state index contributed by atoms with van der Waals surface area (Å²) >= 11 is 2.31. The molecule has 1 aliphatic carbocycles. The Kier molecular flexibility index (Phi) is 11.3. The Hall–Kier alpha value is -1.84. The Bertz CT molecular complexity index is 1320. The number of hydrogen-bond acceptors (Lipinski definition) is 0. The molecule has 0 saturated carbocycles. The minimum Gasteiger partial charge on any atom is -0.147 e. The van der Waals surface area contributed by atoms with Crippen molar-refractivity contribution in [3.05, 3.63) is 141 Å². The van der Waals surface area contributed by atoms with Gasteiger partial charge in [0, 0.05) is 0 Å². The smallest absolute Gasteiger partial charge is 0.147 e.